The Bertz CT molecular complexity index is 375. The van der Waals surface area contributed by atoms with Crippen LogP contribution in [0.1, 0.15) is 18.5 Å². The zero-order valence-corrected chi connectivity index (χ0v) is 9.64. The Morgan fingerprint density at radius 1 is 1.69 bits per heavy atom. The average molecular weight is 223 g/mol. The van der Waals surface area contributed by atoms with Crippen LogP contribution < -0.4 is 5.32 Å². The molecule has 0 saturated carbocycles. The first-order chi connectivity index (χ1) is 7.74. The highest BCUT2D eigenvalue weighted by Crippen LogP contribution is 2.28. The van der Waals surface area contributed by atoms with Crippen LogP contribution in [0.15, 0.2) is 12.3 Å². The average Bonchev–Trinajstić information content (AvgIpc) is 2.85. The standard InChI is InChI=1S/C11H17N3O2/c1-3-16-11(15)9-7-12-6-8(9)10-4-5-13-14(10)2/h4-5,8-9,12H,3,6-7H2,1-2H3. The van der Waals surface area contributed by atoms with Crippen molar-refractivity contribution in [3.05, 3.63) is 18.0 Å². The van der Waals surface area contributed by atoms with E-state index in [0.29, 0.717) is 13.2 Å². The van der Waals surface area contributed by atoms with Crippen LogP contribution in [0.3, 0.4) is 0 Å². The van der Waals surface area contributed by atoms with Gasteiger partial charge in [0.1, 0.15) is 0 Å². The smallest absolute Gasteiger partial charge is 0.310 e. The maximum atomic E-state index is 11.8. The van der Waals surface area contributed by atoms with Crippen LogP contribution in [0.5, 0.6) is 0 Å². The van der Waals surface area contributed by atoms with Crippen LogP contribution >= 0.6 is 0 Å². The van der Waals surface area contributed by atoms with Gasteiger partial charge in [-0.2, -0.15) is 5.10 Å². The lowest BCUT2D eigenvalue weighted by Gasteiger charge is -2.17. The number of carbonyl (C=O) groups excluding carboxylic acids is 1. The fourth-order valence-corrected chi connectivity index (χ4v) is 2.23. The van der Waals surface area contributed by atoms with E-state index >= 15 is 0 Å². The molecule has 0 spiro atoms. The number of esters is 1. The van der Waals surface area contributed by atoms with Crippen molar-refractivity contribution in [1.29, 1.82) is 0 Å². The summed E-state index contributed by atoms with van der Waals surface area (Å²) in [5.41, 5.74) is 1.09. The second-order valence-electron chi connectivity index (χ2n) is 4.00. The molecule has 0 radical (unpaired) electrons. The molecule has 1 aliphatic rings. The minimum Gasteiger partial charge on any atom is -0.466 e. The van der Waals surface area contributed by atoms with Crippen LogP contribution in [-0.4, -0.2) is 35.4 Å². The quantitative estimate of drug-likeness (QED) is 0.748. The van der Waals surface area contributed by atoms with E-state index in [9.17, 15) is 4.79 Å². The lowest BCUT2D eigenvalue weighted by Crippen LogP contribution is -2.25. The van der Waals surface area contributed by atoms with Crippen LogP contribution in [0, 0.1) is 5.92 Å². The van der Waals surface area contributed by atoms with Crippen LogP contribution in [-0.2, 0) is 16.6 Å². The maximum absolute atomic E-state index is 11.8. The first kappa shape index (κ1) is 11.1. The molecule has 0 amide bonds. The normalized spacial score (nSPS) is 24.6. The second-order valence-corrected chi connectivity index (χ2v) is 4.00. The first-order valence-corrected chi connectivity index (χ1v) is 5.59. The Balaban J connectivity index is 2.15. The van der Waals surface area contributed by atoms with E-state index in [1.165, 1.54) is 0 Å². The Hall–Kier alpha value is -1.36. The maximum Gasteiger partial charge on any atom is 0.310 e. The van der Waals surface area contributed by atoms with Gasteiger partial charge in [-0.05, 0) is 13.0 Å². The van der Waals surface area contributed by atoms with Crippen molar-refractivity contribution in [3.8, 4) is 0 Å². The zero-order valence-electron chi connectivity index (χ0n) is 9.64. The van der Waals surface area contributed by atoms with Crippen molar-refractivity contribution in [2.75, 3.05) is 19.7 Å². The van der Waals surface area contributed by atoms with Gasteiger partial charge in [-0.25, -0.2) is 0 Å². The third-order valence-corrected chi connectivity index (χ3v) is 3.04. The Kier molecular flexibility index (Phi) is 3.24. The molecule has 2 heterocycles. The molecular weight excluding hydrogens is 206 g/mol. The number of carbonyl (C=O) groups is 1. The second kappa shape index (κ2) is 4.65. The summed E-state index contributed by atoms with van der Waals surface area (Å²) < 4.78 is 6.91. The molecule has 2 atom stereocenters. The fourth-order valence-electron chi connectivity index (χ4n) is 2.23. The molecule has 5 heteroatoms. The number of hydrogen-bond acceptors (Lipinski definition) is 4. The Morgan fingerprint density at radius 2 is 2.50 bits per heavy atom. The molecule has 0 aliphatic carbocycles. The molecule has 2 rings (SSSR count). The van der Waals surface area contributed by atoms with E-state index in [1.54, 1.807) is 6.20 Å². The number of nitrogens with zero attached hydrogens (tertiary/aromatic N) is 2. The number of hydrogen-bond donors (Lipinski definition) is 1. The third kappa shape index (κ3) is 1.95. The summed E-state index contributed by atoms with van der Waals surface area (Å²) in [7, 11) is 1.90. The van der Waals surface area contributed by atoms with E-state index in [1.807, 2.05) is 24.7 Å². The van der Waals surface area contributed by atoms with E-state index in [0.717, 1.165) is 12.2 Å². The summed E-state index contributed by atoms with van der Waals surface area (Å²) in [5, 5.41) is 7.37. The lowest BCUT2D eigenvalue weighted by molar-refractivity contribution is -0.147. The number of aryl methyl sites for hydroxylation is 1. The van der Waals surface area contributed by atoms with Gasteiger partial charge in [0.05, 0.1) is 12.5 Å². The highest BCUT2D eigenvalue weighted by Gasteiger charge is 2.36. The van der Waals surface area contributed by atoms with Crippen molar-refractivity contribution in [2.45, 2.75) is 12.8 Å². The molecule has 5 nitrogen and oxygen atoms in total. The molecule has 0 aromatic carbocycles. The summed E-state index contributed by atoms with van der Waals surface area (Å²) in [6.45, 7) is 3.77. The fraction of sp³-hybridized carbons (Fsp3) is 0.636. The van der Waals surface area contributed by atoms with E-state index in [2.05, 4.69) is 10.4 Å². The highest BCUT2D eigenvalue weighted by molar-refractivity contribution is 5.74. The van der Waals surface area contributed by atoms with Gasteiger partial charge in [0, 0.05) is 37.9 Å². The van der Waals surface area contributed by atoms with E-state index in [4.69, 9.17) is 4.74 Å². The minimum absolute atomic E-state index is 0.0876. The van der Waals surface area contributed by atoms with Gasteiger partial charge in [0.15, 0.2) is 0 Å². The SMILES string of the molecule is CCOC(=O)C1CNCC1c1ccnn1C. The number of aromatic nitrogens is 2. The largest absolute Gasteiger partial charge is 0.466 e. The third-order valence-electron chi connectivity index (χ3n) is 3.04. The van der Waals surface area contributed by atoms with Crippen molar-refractivity contribution >= 4 is 5.97 Å². The molecule has 1 aliphatic heterocycles. The molecule has 1 aromatic rings. The van der Waals surface area contributed by atoms with Crippen molar-refractivity contribution in [2.24, 2.45) is 13.0 Å². The van der Waals surface area contributed by atoms with E-state index < -0.39 is 0 Å². The predicted molar refractivity (Wildman–Crippen MR) is 58.9 cm³/mol. The van der Waals surface area contributed by atoms with E-state index in [-0.39, 0.29) is 17.8 Å². The van der Waals surface area contributed by atoms with Crippen molar-refractivity contribution < 1.29 is 9.53 Å². The summed E-state index contributed by atoms with van der Waals surface area (Å²) in [5.74, 6) is -0.0272. The molecule has 1 N–H and O–H groups in total. The van der Waals surface area contributed by atoms with Gasteiger partial charge in [0.2, 0.25) is 0 Å². The first-order valence-electron chi connectivity index (χ1n) is 5.59. The van der Waals surface area contributed by atoms with Gasteiger partial charge >= 0.3 is 5.97 Å². The van der Waals surface area contributed by atoms with Gasteiger partial charge < -0.3 is 10.1 Å². The molecule has 1 fully saturated rings. The monoisotopic (exact) mass is 223 g/mol. The molecular formula is C11H17N3O2. The van der Waals surface area contributed by atoms with Crippen LogP contribution in [0.2, 0.25) is 0 Å². The predicted octanol–water partition coefficient (Wildman–Crippen LogP) is 0.286. The summed E-state index contributed by atoms with van der Waals surface area (Å²) in [4.78, 5) is 11.8. The molecule has 1 saturated heterocycles. The summed E-state index contributed by atoms with van der Waals surface area (Å²) in [6.07, 6.45) is 1.76. The summed E-state index contributed by atoms with van der Waals surface area (Å²) in [6, 6.07) is 1.96. The zero-order chi connectivity index (χ0) is 11.5. The van der Waals surface area contributed by atoms with Gasteiger partial charge in [-0.15, -0.1) is 0 Å². The van der Waals surface area contributed by atoms with Crippen molar-refractivity contribution in [1.82, 2.24) is 15.1 Å². The molecule has 88 valence electrons. The highest BCUT2D eigenvalue weighted by atomic mass is 16.5. The van der Waals surface area contributed by atoms with Crippen molar-refractivity contribution in [3.63, 3.8) is 0 Å². The Morgan fingerprint density at radius 3 is 3.12 bits per heavy atom. The minimum atomic E-state index is -0.112. The lowest BCUT2D eigenvalue weighted by atomic mass is 9.93. The topological polar surface area (TPSA) is 56.1 Å². The number of ether oxygens (including phenoxy) is 1. The van der Waals surface area contributed by atoms with Gasteiger partial charge in [0.25, 0.3) is 0 Å². The summed E-state index contributed by atoms with van der Waals surface area (Å²) >= 11 is 0. The van der Waals surface area contributed by atoms with Crippen LogP contribution in [0.4, 0.5) is 0 Å². The van der Waals surface area contributed by atoms with Crippen LogP contribution in [0.25, 0.3) is 0 Å². The number of nitrogens with one attached hydrogen (secondary N) is 1. The molecule has 2 unspecified atom stereocenters. The molecule has 16 heavy (non-hydrogen) atoms. The Labute approximate surface area is 94.8 Å². The molecule has 1 aromatic heterocycles. The number of rotatable bonds is 3. The molecule has 0 bridgehead atoms. The van der Waals surface area contributed by atoms with Gasteiger partial charge in [-0.1, -0.05) is 0 Å². The van der Waals surface area contributed by atoms with Gasteiger partial charge in [-0.3, -0.25) is 9.48 Å².